The molecule has 0 saturated carbocycles. The van der Waals surface area contributed by atoms with Crippen LogP contribution < -0.4 is 10.0 Å². The van der Waals surface area contributed by atoms with E-state index in [2.05, 4.69) is 20.0 Å². The van der Waals surface area contributed by atoms with Crippen molar-refractivity contribution < 1.29 is 12.8 Å². The van der Waals surface area contributed by atoms with Crippen LogP contribution in [0, 0.1) is 12.7 Å². The van der Waals surface area contributed by atoms with Crippen LogP contribution >= 0.6 is 11.3 Å². The summed E-state index contributed by atoms with van der Waals surface area (Å²) in [7, 11) is -3.55. The highest BCUT2D eigenvalue weighted by molar-refractivity contribution is 7.89. The van der Waals surface area contributed by atoms with Gasteiger partial charge in [0.05, 0.1) is 16.3 Å². The van der Waals surface area contributed by atoms with Gasteiger partial charge in [0.2, 0.25) is 16.0 Å². The van der Waals surface area contributed by atoms with E-state index in [-0.39, 0.29) is 17.3 Å². The lowest BCUT2D eigenvalue weighted by atomic mass is 10.1. The van der Waals surface area contributed by atoms with E-state index in [1.807, 2.05) is 29.0 Å². The second-order valence-electron chi connectivity index (χ2n) is 8.13. The molecule has 5 aromatic rings. The molecule has 0 radical (unpaired) electrons. The fraction of sp³-hybridized carbons (Fsp3) is 0.160. The van der Waals surface area contributed by atoms with E-state index in [1.165, 1.54) is 23.5 Å². The Hall–Kier alpha value is -3.67. The second-order valence-corrected chi connectivity index (χ2v) is 10.8. The molecule has 5 rings (SSSR count). The van der Waals surface area contributed by atoms with Crippen LogP contribution in [0.15, 0.2) is 77.3 Å². The number of rotatable bonds is 9. The van der Waals surface area contributed by atoms with Crippen LogP contribution in [0.3, 0.4) is 0 Å². The zero-order valence-electron chi connectivity index (χ0n) is 19.3. The molecule has 184 valence electrons. The lowest BCUT2D eigenvalue weighted by Gasteiger charge is -2.09. The molecular weight excluding hydrogens is 499 g/mol. The molecule has 0 saturated heterocycles. The van der Waals surface area contributed by atoms with Crippen molar-refractivity contribution in [3.63, 3.8) is 0 Å². The summed E-state index contributed by atoms with van der Waals surface area (Å²) in [5, 5.41) is 5.08. The maximum absolute atomic E-state index is 13.9. The highest BCUT2D eigenvalue weighted by atomic mass is 32.2. The Balaban J connectivity index is 1.28. The minimum absolute atomic E-state index is 0.242. The quantitative estimate of drug-likeness (QED) is 0.271. The minimum Gasteiger partial charge on any atom is -0.354 e. The van der Waals surface area contributed by atoms with Crippen molar-refractivity contribution in [3.05, 3.63) is 83.8 Å². The van der Waals surface area contributed by atoms with Gasteiger partial charge in [-0.15, -0.1) is 11.3 Å². The van der Waals surface area contributed by atoms with E-state index in [4.69, 9.17) is 4.98 Å². The summed E-state index contributed by atoms with van der Waals surface area (Å²) in [6.07, 6.45) is 4.08. The molecule has 11 heteroatoms. The third-order valence-electron chi connectivity index (χ3n) is 5.52. The number of aryl methyl sites for hydroxylation is 1. The van der Waals surface area contributed by atoms with Gasteiger partial charge in [0.25, 0.3) is 0 Å². The number of nitrogens with zero attached hydrogens (tertiary/aromatic N) is 4. The topological polar surface area (TPSA) is 101 Å². The van der Waals surface area contributed by atoms with Crippen molar-refractivity contribution in [2.75, 3.05) is 18.4 Å². The van der Waals surface area contributed by atoms with Gasteiger partial charge in [-0.05, 0) is 43.7 Å². The van der Waals surface area contributed by atoms with Crippen molar-refractivity contribution in [1.82, 2.24) is 24.1 Å². The molecule has 0 aliphatic carbocycles. The van der Waals surface area contributed by atoms with E-state index in [0.29, 0.717) is 35.9 Å². The molecule has 0 amide bonds. The monoisotopic (exact) mass is 522 g/mol. The minimum atomic E-state index is -3.55. The first-order chi connectivity index (χ1) is 17.4. The zero-order chi connectivity index (χ0) is 25.1. The van der Waals surface area contributed by atoms with Crippen LogP contribution in [-0.2, 0) is 10.0 Å². The van der Waals surface area contributed by atoms with E-state index in [0.717, 1.165) is 16.2 Å². The number of thiazole rings is 1. The standard InChI is InChI=1S/C25H23FN6O2S2/c1-17-6-8-20(9-7-17)36(33,34)29-12-3-11-27-24-28-13-10-21(30-24)23-22(18-4-2-5-19(26)16-18)31-25-32(23)14-15-35-25/h2,4-10,13-16,29H,3,11-12H2,1H3,(H,27,28,30). The van der Waals surface area contributed by atoms with Gasteiger partial charge in [0.15, 0.2) is 4.96 Å². The van der Waals surface area contributed by atoms with Crippen molar-refractivity contribution >= 4 is 32.3 Å². The first-order valence-electron chi connectivity index (χ1n) is 11.3. The van der Waals surface area contributed by atoms with Crippen LogP contribution in [0.5, 0.6) is 0 Å². The fourth-order valence-corrected chi connectivity index (χ4v) is 5.53. The molecule has 0 aliphatic rings. The number of hydrogen-bond acceptors (Lipinski definition) is 7. The number of sulfonamides is 1. The van der Waals surface area contributed by atoms with E-state index < -0.39 is 10.0 Å². The predicted octanol–water partition coefficient (Wildman–Crippen LogP) is 4.75. The lowest BCUT2D eigenvalue weighted by molar-refractivity contribution is 0.580. The molecule has 0 spiro atoms. The number of imidazole rings is 1. The van der Waals surface area contributed by atoms with Gasteiger partial charge < -0.3 is 5.32 Å². The molecular formula is C25H23FN6O2S2. The number of benzene rings is 2. The summed E-state index contributed by atoms with van der Waals surface area (Å²) < 4.78 is 43.3. The molecule has 0 unspecified atom stereocenters. The molecule has 0 atom stereocenters. The van der Waals surface area contributed by atoms with Crippen LogP contribution in [0.4, 0.5) is 10.3 Å². The largest absolute Gasteiger partial charge is 0.354 e. The Bertz CT molecular complexity index is 1610. The summed E-state index contributed by atoms with van der Waals surface area (Å²) in [4.78, 5) is 14.6. The molecule has 0 fully saturated rings. The molecule has 8 nitrogen and oxygen atoms in total. The number of hydrogen-bond donors (Lipinski definition) is 2. The average molecular weight is 523 g/mol. The summed E-state index contributed by atoms with van der Waals surface area (Å²) in [5.74, 6) is 0.0714. The predicted molar refractivity (Wildman–Crippen MR) is 139 cm³/mol. The summed E-state index contributed by atoms with van der Waals surface area (Å²) in [5.41, 5.74) is 3.68. The van der Waals surface area contributed by atoms with Gasteiger partial charge >= 0.3 is 0 Å². The molecule has 36 heavy (non-hydrogen) atoms. The highest BCUT2D eigenvalue weighted by Crippen LogP contribution is 2.33. The van der Waals surface area contributed by atoms with Gasteiger partial charge in [-0.2, -0.15) is 0 Å². The number of fused-ring (bicyclic) bond motifs is 1. The number of aromatic nitrogens is 4. The van der Waals surface area contributed by atoms with Crippen molar-refractivity contribution in [3.8, 4) is 22.6 Å². The Morgan fingerprint density at radius 1 is 1.06 bits per heavy atom. The molecule has 3 aromatic heterocycles. The van der Waals surface area contributed by atoms with Crippen molar-refractivity contribution in [2.45, 2.75) is 18.2 Å². The van der Waals surface area contributed by atoms with Crippen LogP contribution in [0.2, 0.25) is 0 Å². The maximum Gasteiger partial charge on any atom is 0.240 e. The van der Waals surface area contributed by atoms with E-state index in [1.54, 1.807) is 42.6 Å². The summed E-state index contributed by atoms with van der Waals surface area (Å²) in [6, 6.07) is 14.8. The number of halogens is 1. The number of nitrogens with one attached hydrogen (secondary N) is 2. The van der Waals surface area contributed by atoms with Gasteiger partial charge in [0, 0.05) is 36.4 Å². The Morgan fingerprint density at radius 2 is 1.89 bits per heavy atom. The SMILES string of the molecule is Cc1ccc(S(=O)(=O)NCCCNc2nccc(-c3c(-c4cccc(F)c4)nc4sccn34)n2)cc1. The Morgan fingerprint density at radius 3 is 2.69 bits per heavy atom. The van der Waals surface area contributed by atoms with Gasteiger partial charge in [-0.1, -0.05) is 29.8 Å². The van der Waals surface area contributed by atoms with Crippen molar-refractivity contribution in [1.29, 1.82) is 0 Å². The summed E-state index contributed by atoms with van der Waals surface area (Å²) in [6.45, 7) is 2.65. The summed E-state index contributed by atoms with van der Waals surface area (Å²) >= 11 is 1.48. The Labute approximate surface area is 212 Å². The van der Waals surface area contributed by atoms with Crippen molar-refractivity contribution in [2.24, 2.45) is 0 Å². The molecule has 2 N–H and O–H groups in total. The normalized spacial score (nSPS) is 11.7. The third kappa shape index (κ3) is 5.13. The van der Waals surface area contributed by atoms with E-state index in [9.17, 15) is 12.8 Å². The number of anilines is 1. The molecule has 3 heterocycles. The van der Waals surface area contributed by atoms with Gasteiger partial charge in [-0.25, -0.2) is 32.5 Å². The van der Waals surface area contributed by atoms with Gasteiger partial charge in [0.1, 0.15) is 11.5 Å². The second kappa shape index (κ2) is 10.1. The first-order valence-corrected chi connectivity index (χ1v) is 13.6. The van der Waals surface area contributed by atoms with E-state index >= 15 is 0 Å². The van der Waals surface area contributed by atoms with Crippen LogP contribution in [0.25, 0.3) is 27.6 Å². The Kier molecular flexibility index (Phi) is 6.77. The first kappa shape index (κ1) is 24.0. The lowest BCUT2D eigenvalue weighted by Crippen LogP contribution is -2.26. The zero-order valence-corrected chi connectivity index (χ0v) is 21.0. The third-order valence-corrected chi connectivity index (χ3v) is 7.75. The van der Waals surface area contributed by atoms with Crippen LogP contribution in [0.1, 0.15) is 12.0 Å². The molecule has 0 bridgehead atoms. The highest BCUT2D eigenvalue weighted by Gasteiger charge is 2.19. The molecule has 0 aliphatic heterocycles. The smallest absolute Gasteiger partial charge is 0.240 e. The molecule has 2 aromatic carbocycles. The van der Waals surface area contributed by atoms with Crippen LogP contribution in [-0.4, -0.2) is 40.9 Å². The maximum atomic E-state index is 13.9. The van der Waals surface area contributed by atoms with Gasteiger partial charge in [-0.3, -0.25) is 4.40 Å². The average Bonchev–Trinajstić information content (AvgIpc) is 3.46. The fourth-order valence-electron chi connectivity index (χ4n) is 3.74.